The van der Waals surface area contributed by atoms with Crippen LogP contribution in [0.1, 0.15) is 25.3 Å². The Morgan fingerprint density at radius 1 is 0.861 bits per heavy atom. The first-order chi connectivity index (χ1) is 16.9. The average Bonchev–Trinajstić information content (AvgIpc) is 3.19. The molecule has 5 amide bonds. The van der Waals surface area contributed by atoms with E-state index in [4.69, 9.17) is 17.2 Å². The first-order valence-corrected chi connectivity index (χ1v) is 10.9. The standard InChI is InChI=1S/C22H29N7O7/c1-10(23)19(32)27-14(6-11-9-26-13-5-3-2-4-12(11)13)20(33)28-15(7-17(24)30)21(34)29-16(22(35)36)8-18(25)31/h2-5,9-10,14-16,26H,6-8,23H2,1H3,(H2,24,30)(H2,25,31)(H,27,32)(H,28,33)(H,29,34)(H,35,36). The number of nitrogens with one attached hydrogen (secondary N) is 4. The summed E-state index contributed by atoms with van der Waals surface area (Å²) >= 11 is 0. The Balaban J connectivity index is 2.28. The van der Waals surface area contributed by atoms with Gasteiger partial charge in [0, 0.05) is 23.5 Å². The van der Waals surface area contributed by atoms with Gasteiger partial charge in [0.15, 0.2) is 0 Å². The quantitative estimate of drug-likeness (QED) is 0.143. The second-order valence-electron chi connectivity index (χ2n) is 8.21. The van der Waals surface area contributed by atoms with Gasteiger partial charge >= 0.3 is 5.97 Å². The molecule has 4 unspecified atom stereocenters. The van der Waals surface area contributed by atoms with Gasteiger partial charge in [-0.3, -0.25) is 24.0 Å². The maximum absolute atomic E-state index is 13.2. The summed E-state index contributed by atoms with van der Waals surface area (Å²) in [6, 6.07) is 1.81. The normalized spacial score (nSPS) is 14.2. The summed E-state index contributed by atoms with van der Waals surface area (Å²) in [5.41, 5.74) is 17.3. The lowest BCUT2D eigenvalue weighted by atomic mass is 10.0. The van der Waals surface area contributed by atoms with E-state index in [1.807, 2.05) is 18.2 Å². The zero-order valence-corrected chi connectivity index (χ0v) is 19.4. The van der Waals surface area contributed by atoms with Crippen molar-refractivity contribution in [3.05, 3.63) is 36.0 Å². The number of carboxylic acids is 1. The molecule has 1 aromatic heterocycles. The molecule has 11 N–H and O–H groups in total. The number of aliphatic carboxylic acids is 1. The molecule has 1 heterocycles. The molecular formula is C22H29N7O7. The molecule has 0 saturated heterocycles. The van der Waals surface area contributed by atoms with Crippen molar-refractivity contribution in [3.8, 4) is 0 Å². The summed E-state index contributed by atoms with van der Waals surface area (Å²) < 4.78 is 0. The van der Waals surface area contributed by atoms with Gasteiger partial charge in [-0.05, 0) is 18.6 Å². The van der Waals surface area contributed by atoms with Gasteiger partial charge in [-0.15, -0.1) is 0 Å². The molecule has 14 nitrogen and oxygen atoms in total. The number of H-pyrrole nitrogens is 1. The second-order valence-corrected chi connectivity index (χ2v) is 8.21. The van der Waals surface area contributed by atoms with E-state index < -0.39 is 72.5 Å². The number of amides is 5. The molecule has 4 atom stereocenters. The fourth-order valence-electron chi connectivity index (χ4n) is 3.39. The van der Waals surface area contributed by atoms with Gasteiger partial charge in [0.2, 0.25) is 29.5 Å². The molecule has 194 valence electrons. The number of primary amides is 2. The van der Waals surface area contributed by atoms with Gasteiger partial charge in [0.25, 0.3) is 0 Å². The number of hydrogen-bond acceptors (Lipinski definition) is 7. The van der Waals surface area contributed by atoms with Gasteiger partial charge in [0.1, 0.15) is 18.1 Å². The van der Waals surface area contributed by atoms with Gasteiger partial charge in [-0.2, -0.15) is 0 Å². The van der Waals surface area contributed by atoms with Crippen LogP contribution in [0.4, 0.5) is 0 Å². The van der Waals surface area contributed by atoms with Crippen LogP contribution in [0.15, 0.2) is 30.5 Å². The summed E-state index contributed by atoms with van der Waals surface area (Å²) in [5, 5.41) is 16.9. The van der Waals surface area contributed by atoms with Crippen LogP contribution < -0.4 is 33.2 Å². The van der Waals surface area contributed by atoms with Crippen molar-refractivity contribution < 1.29 is 33.9 Å². The molecule has 0 spiro atoms. The number of carbonyl (C=O) groups is 6. The predicted octanol–water partition coefficient (Wildman–Crippen LogP) is -2.65. The van der Waals surface area contributed by atoms with Gasteiger partial charge < -0.3 is 43.2 Å². The van der Waals surface area contributed by atoms with Crippen LogP contribution in [0, 0.1) is 0 Å². The van der Waals surface area contributed by atoms with E-state index in [0.717, 1.165) is 10.9 Å². The van der Waals surface area contributed by atoms with Crippen molar-refractivity contribution in [1.82, 2.24) is 20.9 Å². The molecule has 0 saturated carbocycles. The third kappa shape index (κ3) is 7.80. The fourth-order valence-corrected chi connectivity index (χ4v) is 3.39. The van der Waals surface area contributed by atoms with E-state index >= 15 is 0 Å². The first kappa shape index (κ1) is 27.8. The predicted molar refractivity (Wildman–Crippen MR) is 127 cm³/mol. The van der Waals surface area contributed by atoms with Crippen LogP contribution in [-0.4, -0.2) is 69.8 Å². The number of rotatable bonds is 13. The zero-order valence-electron chi connectivity index (χ0n) is 19.4. The third-order valence-corrected chi connectivity index (χ3v) is 5.20. The number of benzene rings is 1. The number of nitrogens with two attached hydrogens (primary N) is 3. The van der Waals surface area contributed by atoms with E-state index in [9.17, 15) is 33.9 Å². The van der Waals surface area contributed by atoms with Crippen molar-refractivity contribution in [1.29, 1.82) is 0 Å². The Hall–Kier alpha value is -4.46. The number of carboxylic acid groups (broad SMARTS) is 1. The maximum Gasteiger partial charge on any atom is 0.326 e. The average molecular weight is 504 g/mol. The number of carbonyl (C=O) groups excluding carboxylic acids is 5. The van der Waals surface area contributed by atoms with Crippen LogP contribution in [0.25, 0.3) is 10.9 Å². The molecule has 0 fully saturated rings. The van der Waals surface area contributed by atoms with Crippen LogP contribution in [0.3, 0.4) is 0 Å². The number of hydrogen-bond donors (Lipinski definition) is 8. The summed E-state index contributed by atoms with van der Waals surface area (Å²) in [4.78, 5) is 75.2. The topological polar surface area (TPSA) is 253 Å². The lowest BCUT2D eigenvalue weighted by Crippen LogP contribution is -2.58. The molecule has 0 aliphatic rings. The highest BCUT2D eigenvalue weighted by atomic mass is 16.4. The van der Waals surface area contributed by atoms with E-state index in [1.54, 1.807) is 12.3 Å². The Kier molecular flexibility index (Phi) is 9.50. The monoisotopic (exact) mass is 503 g/mol. The summed E-state index contributed by atoms with van der Waals surface area (Å²) in [6.45, 7) is 1.42. The number of fused-ring (bicyclic) bond motifs is 1. The highest BCUT2D eigenvalue weighted by Crippen LogP contribution is 2.19. The maximum atomic E-state index is 13.2. The molecule has 0 aliphatic carbocycles. The van der Waals surface area contributed by atoms with E-state index in [0.29, 0.717) is 5.56 Å². The molecule has 0 bridgehead atoms. The summed E-state index contributed by atoms with van der Waals surface area (Å²) in [5.74, 6) is -6.08. The largest absolute Gasteiger partial charge is 0.480 e. The molecule has 0 radical (unpaired) electrons. The Morgan fingerprint density at radius 3 is 1.97 bits per heavy atom. The van der Waals surface area contributed by atoms with Crippen LogP contribution in [0.5, 0.6) is 0 Å². The van der Waals surface area contributed by atoms with Crippen molar-refractivity contribution >= 4 is 46.4 Å². The molecule has 2 aromatic rings. The van der Waals surface area contributed by atoms with Crippen molar-refractivity contribution in [2.45, 2.75) is 50.4 Å². The molecule has 1 aromatic carbocycles. The SMILES string of the molecule is CC(N)C(=O)NC(Cc1c[nH]c2ccccc12)C(=O)NC(CC(N)=O)C(=O)NC(CC(N)=O)C(=O)O. The smallest absolute Gasteiger partial charge is 0.326 e. The Labute approximate surface area is 205 Å². The lowest BCUT2D eigenvalue weighted by molar-refractivity contribution is -0.144. The second kappa shape index (κ2) is 12.3. The van der Waals surface area contributed by atoms with E-state index in [-0.39, 0.29) is 6.42 Å². The van der Waals surface area contributed by atoms with E-state index in [2.05, 4.69) is 20.9 Å². The summed E-state index contributed by atoms with van der Waals surface area (Å²) in [7, 11) is 0. The minimum Gasteiger partial charge on any atom is -0.480 e. The zero-order chi connectivity index (χ0) is 27.0. The Morgan fingerprint density at radius 2 is 1.39 bits per heavy atom. The van der Waals surface area contributed by atoms with Crippen molar-refractivity contribution in [2.75, 3.05) is 0 Å². The Bertz CT molecular complexity index is 1160. The van der Waals surface area contributed by atoms with Gasteiger partial charge in [0.05, 0.1) is 18.9 Å². The molecule has 36 heavy (non-hydrogen) atoms. The molecule has 0 aliphatic heterocycles. The van der Waals surface area contributed by atoms with Crippen LogP contribution >= 0.6 is 0 Å². The number of aromatic nitrogens is 1. The minimum absolute atomic E-state index is 0.00135. The molecule has 2 rings (SSSR count). The number of para-hydroxylation sites is 1. The van der Waals surface area contributed by atoms with Crippen LogP contribution in [-0.2, 0) is 35.2 Å². The minimum atomic E-state index is -1.69. The fraction of sp³-hybridized carbons (Fsp3) is 0.364. The van der Waals surface area contributed by atoms with Gasteiger partial charge in [-0.1, -0.05) is 18.2 Å². The molecular weight excluding hydrogens is 474 g/mol. The van der Waals surface area contributed by atoms with Crippen molar-refractivity contribution in [2.24, 2.45) is 17.2 Å². The van der Waals surface area contributed by atoms with Gasteiger partial charge in [-0.25, -0.2) is 4.79 Å². The van der Waals surface area contributed by atoms with Crippen molar-refractivity contribution in [3.63, 3.8) is 0 Å². The summed E-state index contributed by atoms with van der Waals surface area (Å²) in [6.07, 6.45) is 0.268. The molecule has 14 heteroatoms. The first-order valence-electron chi connectivity index (χ1n) is 10.9. The highest BCUT2D eigenvalue weighted by Gasteiger charge is 2.32. The van der Waals surface area contributed by atoms with E-state index in [1.165, 1.54) is 6.92 Å². The number of aromatic amines is 1. The highest BCUT2D eigenvalue weighted by molar-refractivity contribution is 5.97. The lowest BCUT2D eigenvalue weighted by Gasteiger charge is -2.24. The third-order valence-electron chi connectivity index (χ3n) is 5.20. The van der Waals surface area contributed by atoms with Crippen LogP contribution in [0.2, 0.25) is 0 Å².